The van der Waals surface area contributed by atoms with Gasteiger partial charge in [-0.2, -0.15) is 0 Å². The normalized spacial score (nSPS) is 10.0. The average molecular weight is 281 g/mol. The van der Waals surface area contributed by atoms with E-state index in [1.807, 2.05) is 0 Å². The number of hydrogen-bond acceptors (Lipinski definition) is 3. The number of pyridine rings is 1. The Balaban J connectivity index is 1.86. The molecule has 0 aliphatic carbocycles. The second-order valence-electron chi connectivity index (χ2n) is 3.66. The summed E-state index contributed by atoms with van der Waals surface area (Å²) in [6.07, 6.45) is 1.41. The number of amides is 1. The molecule has 0 spiro atoms. The van der Waals surface area contributed by atoms with Gasteiger partial charge in [0.05, 0.1) is 6.20 Å². The van der Waals surface area contributed by atoms with Crippen LogP contribution in [0.25, 0.3) is 0 Å². The molecule has 0 saturated heterocycles. The van der Waals surface area contributed by atoms with Gasteiger partial charge in [-0.05, 0) is 30.3 Å². The van der Waals surface area contributed by atoms with Crippen LogP contribution in [-0.4, -0.2) is 17.5 Å². The Morgan fingerprint density at radius 2 is 2.21 bits per heavy atom. The third kappa shape index (κ3) is 4.22. The largest absolute Gasteiger partial charge is 0.482 e. The van der Waals surface area contributed by atoms with Crippen molar-refractivity contribution in [2.75, 3.05) is 11.9 Å². The Hall–Kier alpha value is -2.14. The van der Waals surface area contributed by atoms with E-state index in [1.54, 1.807) is 18.2 Å². The van der Waals surface area contributed by atoms with Crippen molar-refractivity contribution >= 4 is 23.2 Å². The van der Waals surface area contributed by atoms with Crippen molar-refractivity contribution in [3.63, 3.8) is 0 Å². The van der Waals surface area contributed by atoms with Crippen LogP contribution in [0.4, 0.5) is 10.1 Å². The molecule has 0 atom stereocenters. The third-order valence-electron chi connectivity index (χ3n) is 2.18. The van der Waals surface area contributed by atoms with Gasteiger partial charge in [0.2, 0.25) is 0 Å². The zero-order valence-corrected chi connectivity index (χ0v) is 10.5. The van der Waals surface area contributed by atoms with Gasteiger partial charge in [-0.3, -0.25) is 4.79 Å². The van der Waals surface area contributed by atoms with Gasteiger partial charge in [0.25, 0.3) is 5.91 Å². The number of aromatic nitrogens is 1. The lowest BCUT2D eigenvalue weighted by Gasteiger charge is -2.07. The van der Waals surface area contributed by atoms with E-state index in [1.165, 1.54) is 24.4 Å². The van der Waals surface area contributed by atoms with Crippen molar-refractivity contribution in [3.8, 4) is 5.75 Å². The molecule has 0 saturated carbocycles. The van der Waals surface area contributed by atoms with Gasteiger partial charge in [-0.15, -0.1) is 0 Å². The number of carbonyl (C=O) groups excluding carboxylic acids is 1. The van der Waals surface area contributed by atoms with Gasteiger partial charge in [-0.25, -0.2) is 9.37 Å². The smallest absolute Gasteiger partial charge is 0.262 e. The lowest BCUT2D eigenvalue weighted by atomic mass is 10.3. The Morgan fingerprint density at radius 1 is 1.37 bits per heavy atom. The van der Waals surface area contributed by atoms with E-state index in [9.17, 15) is 9.18 Å². The minimum atomic E-state index is -0.416. The first-order valence-corrected chi connectivity index (χ1v) is 5.81. The predicted octanol–water partition coefficient (Wildman–Crippen LogP) is 2.89. The Morgan fingerprint density at radius 3 is 2.89 bits per heavy atom. The van der Waals surface area contributed by atoms with Gasteiger partial charge in [0.1, 0.15) is 16.7 Å². The van der Waals surface area contributed by atoms with E-state index in [4.69, 9.17) is 16.3 Å². The van der Waals surface area contributed by atoms with Crippen LogP contribution in [0.5, 0.6) is 5.75 Å². The van der Waals surface area contributed by atoms with E-state index < -0.39 is 5.82 Å². The topological polar surface area (TPSA) is 51.2 Å². The van der Waals surface area contributed by atoms with Gasteiger partial charge < -0.3 is 10.1 Å². The first-order chi connectivity index (χ1) is 9.13. The van der Waals surface area contributed by atoms with Crippen molar-refractivity contribution in [3.05, 3.63) is 53.6 Å². The highest BCUT2D eigenvalue weighted by atomic mass is 35.5. The quantitative estimate of drug-likeness (QED) is 0.876. The molecule has 19 heavy (non-hydrogen) atoms. The summed E-state index contributed by atoms with van der Waals surface area (Å²) in [5.74, 6) is -0.375. The van der Waals surface area contributed by atoms with Crippen LogP contribution in [0.15, 0.2) is 42.6 Å². The summed E-state index contributed by atoms with van der Waals surface area (Å²) in [6, 6.07) is 8.78. The number of anilines is 1. The summed E-state index contributed by atoms with van der Waals surface area (Å²) >= 11 is 5.62. The molecule has 0 aliphatic rings. The van der Waals surface area contributed by atoms with E-state index >= 15 is 0 Å². The number of carbonyl (C=O) groups is 1. The first-order valence-electron chi connectivity index (χ1n) is 5.43. The zero-order chi connectivity index (χ0) is 13.7. The van der Waals surface area contributed by atoms with Crippen LogP contribution in [0.3, 0.4) is 0 Å². The predicted molar refractivity (Wildman–Crippen MR) is 69.8 cm³/mol. The molecule has 1 heterocycles. The van der Waals surface area contributed by atoms with Gasteiger partial charge in [-0.1, -0.05) is 17.7 Å². The lowest BCUT2D eigenvalue weighted by molar-refractivity contribution is -0.118. The molecule has 2 rings (SSSR count). The number of hydrogen-bond donors (Lipinski definition) is 1. The molecule has 1 aromatic carbocycles. The van der Waals surface area contributed by atoms with Gasteiger partial charge in [0, 0.05) is 5.69 Å². The lowest BCUT2D eigenvalue weighted by Crippen LogP contribution is -2.20. The molecular formula is C13H10ClFN2O2. The summed E-state index contributed by atoms with van der Waals surface area (Å²) in [5.41, 5.74) is 0.378. The summed E-state index contributed by atoms with van der Waals surface area (Å²) in [6.45, 7) is -0.195. The van der Waals surface area contributed by atoms with Crippen LogP contribution in [0, 0.1) is 5.82 Å². The number of nitrogens with zero attached hydrogens (tertiary/aromatic N) is 1. The van der Waals surface area contributed by atoms with Gasteiger partial charge >= 0.3 is 0 Å². The molecule has 6 heteroatoms. The van der Waals surface area contributed by atoms with E-state index in [-0.39, 0.29) is 12.5 Å². The molecule has 0 bridgehead atoms. The number of nitrogens with one attached hydrogen (secondary N) is 1. The van der Waals surface area contributed by atoms with Crippen molar-refractivity contribution in [1.82, 2.24) is 4.98 Å². The second kappa shape index (κ2) is 6.15. The number of rotatable bonds is 4. The van der Waals surface area contributed by atoms with E-state index in [2.05, 4.69) is 10.3 Å². The average Bonchev–Trinajstić information content (AvgIpc) is 2.38. The second-order valence-corrected chi connectivity index (χ2v) is 4.05. The Bertz CT molecular complexity index is 575. The molecule has 0 radical (unpaired) electrons. The maximum absolute atomic E-state index is 12.9. The minimum Gasteiger partial charge on any atom is -0.482 e. The maximum Gasteiger partial charge on any atom is 0.262 e. The fraction of sp³-hybridized carbons (Fsp3) is 0.0769. The maximum atomic E-state index is 12.9. The standard InChI is InChI=1S/C13H10ClFN2O2/c14-12-5-4-11(7-16-12)19-8-13(18)17-10-3-1-2-9(15)6-10/h1-7H,8H2,(H,17,18). The summed E-state index contributed by atoms with van der Waals surface area (Å²) in [5, 5.41) is 2.86. The van der Waals surface area contributed by atoms with Crippen LogP contribution in [0.2, 0.25) is 5.15 Å². The van der Waals surface area contributed by atoms with Crippen LogP contribution < -0.4 is 10.1 Å². The number of benzene rings is 1. The van der Waals surface area contributed by atoms with Crippen LogP contribution in [0.1, 0.15) is 0 Å². The molecule has 1 aromatic heterocycles. The molecule has 1 N–H and O–H groups in total. The third-order valence-corrected chi connectivity index (χ3v) is 2.40. The summed E-state index contributed by atoms with van der Waals surface area (Å²) in [4.78, 5) is 15.4. The highest BCUT2D eigenvalue weighted by Crippen LogP contribution is 2.12. The summed E-state index contributed by atoms with van der Waals surface area (Å²) in [7, 11) is 0. The highest BCUT2D eigenvalue weighted by Gasteiger charge is 2.04. The van der Waals surface area contributed by atoms with Crippen molar-refractivity contribution in [2.45, 2.75) is 0 Å². The molecule has 0 unspecified atom stereocenters. The zero-order valence-electron chi connectivity index (χ0n) is 9.77. The van der Waals surface area contributed by atoms with E-state index in [0.717, 1.165) is 0 Å². The van der Waals surface area contributed by atoms with Crippen LogP contribution >= 0.6 is 11.6 Å². The molecule has 1 amide bonds. The summed E-state index contributed by atoms with van der Waals surface area (Å²) < 4.78 is 18.1. The first kappa shape index (κ1) is 13.3. The number of ether oxygens (including phenoxy) is 1. The molecular weight excluding hydrogens is 271 g/mol. The van der Waals surface area contributed by atoms with Gasteiger partial charge in [0.15, 0.2) is 6.61 Å². The molecule has 0 aliphatic heterocycles. The van der Waals surface area contributed by atoms with Crippen molar-refractivity contribution in [1.29, 1.82) is 0 Å². The SMILES string of the molecule is O=C(COc1ccc(Cl)nc1)Nc1cccc(F)c1. The molecule has 4 nitrogen and oxygen atoms in total. The number of halogens is 2. The molecule has 2 aromatic rings. The molecule has 0 fully saturated rings. The van der Waals surface area contributed by atoms with Crippen molar-refractivity contribution < 1.29 is 13.9 Å². The van der Waals surface area contributed by atoms with Crippen LogP contribution in [-0.2, 0) is 4.79 Å². The monoisotopic (exact) mass is 280 g/mol. The fourth-order valence-corrected chi connectivity index (χ4v) is 1.47. The fourth-order valence-electron chi connectivity index (χ4n) is 1.36. The molecule has 98 valence electrons. The minimum absolute atomic E-state index is 0.195. The Kier molecular flexibility index (Phi) is 4.30. The van der Waals surface area contributed by atoms with E-state index in [0.29, 0.717) is 16.6 Å². The Labute approximate surface area is 114 Å². The highest BCUT2D eigenvalue weighted by molar-refractivity contribution is 6.29. The van der Waals surface area contributed by atoms with Crippen molar-refractivity contribution in [2.24, 2.45) is 0 Å².